The number of rotatable bonds is 15. The molecule has 0 spiro atoms. The Morgan fingerprint density at radius 1 is 0.861 bits per heavy atom. The third-order valence-electron chi connectivity index (χ3n) is 5.03. The Morgan fingerprint density at radius 2 is 1.36 bits per heavy atom. The van der Waals surface area contributed by atoms with Crippen LogP contribution in [0.15, 0.2) is 25.0 Å². The Bertz CT molecular complexity index is 1030. The van der Waals surface area contributed by atoms with Gasteiger partial charge >= 0.3 is 11.9 Å². The standard InChI is InChI=1S/C20H28N8O7S/c21-12(1-2-16(29)30)17(31)26-13(3-10-5-22-8-24-10)18(32)28-15(7-36)19(33)27-14(20(34)35)4-11-6-23-9-25-11/h5-6,8-9,12-15,36H,1-4,7,21H2,(H,22,24)(H,23,25)(H,26,31)(H,27,33)(H,28,32)(H,29,30)(H,34,35). The number of imidazole rings is 2. The maximum Gasteiger partial charge on any atom is 0.326 e. The van der Waals surface area contributed by atoms with Crippen LogP contribution < -0.4 is 21.7 Å². The van der Waals surface area contributed by atoms with Crippen molar-refractivity contribution in [2.24, 2.45) is 5.73 Å². The zero-order valence-corrected chi connectivity index (χ0v) is 19.9. The van der Waals surface area contributed by atoms with Crippen molar-refractivity contribution in [1.82, 2.24) is 35.9 Å². The van der Waals surface area contributed by atoms with E-state index < -0.39 is 53.8 Å². The molecule has 2 aromatic heterocycles. The Kier molecular flexibility index (Phi) is 10.9. The van der Waals surface area contributed by atoms with Gasteiger partial charge in [-0.3, -0.25) is 19.2 Å². The zero-order chi connectivity index (χ0) is 26.7. The van der Waals surface area contributed by atoms with Gasteiger partial charge < -0.3 is 41.9 Å². The molecule has 0 bridgehead atoms. The van der Waals surface area contributed by atoms with E-state index in [9.17, 15) is 29.1 Å². The molecule has 15 nitrogen and oxygen atoms in total. The van der Waals surface area contributed by atoms with Crippen LogP contribution in [0, 0.1) is 0 Å². The summed E-state index contributed by atoms with van der Waals surface area (Å²) in [4.78, 5) is 73.7. The average Bonchev–Trinajstić information content (AvgIpc) is 3.54. The maximum atomic E-state index is 13.0. The number of H-pyrrole nitrogens is 2. The molecule has 3 amide bonds. The van der Waals surface area contributed by atoms with Crippen molar-refractivity contribution in [2.45, 2.75) is 49.9 Å². The van der Waals surface area contributed by atoms with E-state index in [-0.39, 0.29) is 31.4 Å². The summed E-state index contributed by atoms with van der Waals surface area (Å²) in [7, 11) is 0. The lowest BCUT2D eigenvalue weighted by Gasteiger charge is -2.24. The number of nitrogens with zero attached hydrogens (tertiary/aromatic N) is 2. The minimum Gasteiger partial charge on any atom is -0.481 e. The van der Waals surface area contributed by atoms with Crippen molar-refractivity contribution < 1.29 is 34.2 Å². The van der Waals surface area contributed by atoms with E-state index in [2.05, 4.69) is 48.5 Å². The molecule has 0 aliphatic rings. The lowest BCUT2D eigenvalue weighted by molar-refractivity contribution is -0.142. The van der Waals surface area contributed by atoms with Crippen LogP contribution in [-0.4, -0.2) is 89.7 Å². The summed E-state index contributed by atoms with van der Waals surface area (Å²) in [6.45, 7) is 0. The van der Waals surface area contributed by atoms with Crippen LogP contribution in [0.5, 0.6) is 0 Å². The molecule has 0 aliphatic heterocycles. The van der Waals surface area contributed by atoms with Gasteiger partial charge in [0.15, 0.2) is 0 Å². The number of nitrogens with one attached hydrogen (secondary N) is 5. The molecule has 0 fully saturated rings. The molecule has 36 heavy (non-hydrogen) atoms. The lowest BCUT2D eigenvalue weighted by Crippen LogP contribution is -2.58. The number of carboxylic acids is 2. The maximum absolute atomic E-state index is 13.0. The molecule has 4 unspecified atom stereocenters. The Labute approximate surface area is 210 Å². The number of thiol groups is 1. The van der Waals surface area contributed by atoms with Gasteiger partial charge in [0.25, 0.3) is 0 Å². The topological polar surface area (TPSA) is 245 Å². The van der Waals surface area contributed by atoms with Gasteiger partial charge in [0, 0.05) is 48.8 Å². The highest BCUT2D eigenvalue weighted by Crippen LogP contribution is 2.04. The van der Waals surface area contributed by atoms with Crippen molar-refractivity contribution in [1.29, 1.82) is 0 Å². The van der Waals surface area contributed by atoms with Gasteiger partial charge in [-0.25, -0.2) is 14.8 Å². The van der Waals surface area contributed by atoms with E-state index in [0.29, 0.717) is 11.4 Å². The molecule has 0 saturated heterocycles. The molecule has 9 N–H and O–H groups in total. The van der Waals surface area contributed by atoms with Gasteiger partial charge in [0.1, 0.15) is 18.1 Å². The van der Waals surface area contributed by atoms with E-state index in [1.165, 1.54) is 25.0 Å². The third kappa shape index (κ3) is 9.03. The monoisotopic (exact) mass is 524 g/mol. The molecule has 0 saturated carbocycles. The summed E-state index contributed by atoms with van der Waals surface area (Å²) in [5.74, 6) is -4.90. The predicted octanol–water partition coefficient (Wildman–Crippen LogP) is -2.42. The summed E-state index contributed by atoms with van der Waals surface area (Å²) < 4.78 is 0. The summed E-state index contributed by atoms with van der Waals surface area (Å²) in [5.41, 5.74) is 6.71. The first kappa shape index (κ1) is 28.3. The summed E-state index contributed by atoms with van der Waals surface area (Å²) in [5, 5.41) is 25.5. The Balaban J connectivity index is 2.07. The van der Waals surface area contributed by atoms with Crippen molar-refractivity contribution in [2.75, 3.05) is 5.75 Å². The van der Waals surface area contributed by atoms with Crippen molar-refractivity contribution in [3.8, 4) is 0 Å². The van der Waals surface area contributed by atoms with Crippen molar-refractivity contribution >= 4 is 42.3 Å². The van der Waals surface area contributed by atoms with Gasteiger partial charge in [-0.1, -0.05) is 0 Å². The van der Waals surface area contributed by atoms with Gasteiger partial charge in [0.05, 0.1) is 18.7 Å². The van der Waals surface area contributed by atoms with Crippen LogP contribution in [0.4, 0.5) is 0 Å². The van der Waals surface area contributed by atoms with Gasteiger partial charge in [0.2, 0.25) is 17.7 Å². The third-order valence-corrected chi connectivity index (χ3v) is 5.39. The molecule has 2 aromatic rings. The molecule has 0 aliphatic carbocycles. The number of nitrogens with two attached hydrogens (primary N) is 1. The number of amides is 3. The number of hydrogen-bond donors (Lipinski definition) is 9. The van der Waals surface area contributed by atoms with Crippen molar-refractivity contribution in [3.05, 3.63) is 36.4 Å². The van der Waals surface area contributed by atoms with Crippen LogP contribution in [0.2, 0.25) is 0 Å². The van der Waals surface area contributed by atoms with E-state index in [1.54, 1.807) is 0 Å². The van der Waals surface area contributed by atoms with Crippen LogP contribution in [0.3, 0.4) is 0 Å². The second kappa shape index (κ2) is 13.8. The SMILES string of the molecule is NC(CCC(=O)O)C(=O)NC(Cc1cnc[nH]1)C(=O)NC(CS)C(=O)NC(Cc1cnc[nH]1)C(=O)O. The molecule has 4 atom stereocenters. The number of aromatic amines is 2. The fourth-order valence-electron chi connectivity index (χ4n) is 3.07. The number of carbonyl (C=O) groups is 5. The first-order chi connectivity index (χ1) is 17.1. The fourth-order valence-corrected chi connectivity index (χ4v) is 3.33. The molecular weight excluding hydrogens is 496 g/mol. The summed E-state index contributed by atoms with van der Waals surface area (Å²) >= 11 is 4.08. The number of carboxylic acid groups (broad SMARTS) is 2. The van der Waals surface area contributed by atoms with Gasteiger partial charge in [-0.15, -0.1) is 0 Å². The zero-order valence-electron chi connectivity index (χ0n) is 19.0. The molecular formula is C20H28N8O7S. The van der Waals surface area contributed by atoms with Crippen LogP contribution >= 0.6 is 12.6 Å². The normalized spacial score (nSPS) is 14.2. The minimum absolute atomic E-state index is 0.0400. The number of hydrogen-bond acceptors (Lipinski definition) is 9. The second-order valence-electron chi connectivity index (χ2n) is 7.81. The fraction of sp³-hybridized carbons (Fsp3) is 0.450. The van der Waals surface area contributed by atoms with E-state index in [0.717, 1.165) is 0 Å². The molecule has 196 valence electrons. The highest BCUT2D eigenvalue weighted by molar-refractivity contribution is 7.80. The van der Waals surface area contributed by atoms with Crippen molar-refractivity contribution in [3.63, 3.8) is 0 Å². The van der Waals surface area contributed by atoms with Gasteiger partial charge in [-0.2, -0.15) is 12.6 Å². The highest BCUT2D eigenvalue weighted by atomic mass is 32.1. The number of aliphatic carboxylic acids is 2. The average molecular weight is 525 g/mol. The van der Waals surface area contributed by atoms with E-state index in [4.69, 9.17) is 10.8 Å². The Hall–Kier alpha value is -3.92. The Morgan fingerprint density at radius 3 is 1.83 bits per heavy atom. The first-order valence-corrected chi connectivity index (χ1v) is 11.4. The van der Waals surface area contributed by atoms with E-state index >= 15 is 0 Å². The second-order valence-corrected chi connectivity index (χ2v) is 8.17. The quantitative estimate of drug-likeness (QED) is 0.112. The van der Waals surface area contributed by atoms with Crippen LogP contribution in [0.1, 0.15) is 24.2 Å². The lowest BCUT2D eigenvalue weighted by atomic mass is 10.1. The first-order valence-electron chi connectivity index (χ1n) is 10.8. The molecule has 16 heteroatoms. The smallest absolute Gasteiger partial charge is 0.326 e. The van der Waals surface area contributed by atoms with E-state index in [1.807, 2.05) is 0 Å². The minimum atomic E-state index is -1.30. The predicted molar refractivity (Wildman–Crippen MR) is 127 cm³/mol. The highest BCUT2D eigenvalue weighted by Gasteiger charge is 2.30. The molecule has 0 aromatic carbocycles. The van der Waals surface area contributed by atoms with Crippen LogP contribution in [-0.2, 0) is 36.8 Å². The number of carbonyl (C=O) groups excluding carboxylic acids is 3. The summed E-state index contributed by atoms with van der Waals surface area (Å²) in [6, 6.07) is -4.92. The summed E-state index contributed by atoms with van der Waals surface area (Å²) in [6.07, 6.45) is 5.01. The number of aromatic nitrogens is 4. The molecule has 2 rings (SSSR count). The molecule has 2 heterocycles. The van der Waals surface area contributed by atoms with Crippen LogP contribution in [0.25, 0.3) is 0 Å². The largest absolute Gasteiger partial charge is 0.481 e. The van der Waals surface area contributed by atoms with Gasteiger partial charge in [-0.05, 0) is 6.42 Å². The molecule has 0 radical (unpaired) electrons.